The third-order valence-electron chi connectivity index (χ3n) is 5.19. The summed E-state index contributed by atoms with van der Waals surface area (Å²) in [6.07, 6.45) is 1.36. The Morgan fingerprint density at radius 1 is 1.28 bits per heavy atom. The number of H-pyrrole nitrogens is 1. The van der Waals surface area contributed by atoms with Gasteiger partial charge in [-0.15, -0.1) is 0 Å². The van der Waals surface area contributed by atoms with Gasteiger partial charge in [-0.05, 0) is 29.8 Å². The summed E-state index contributed by atoms with van der Waals surface area (Å²) in [7, 11) is 1.49. The van der Waals surface area contributed by atoms with E-state index in [4.69, 9.17) is 21.1 Å². The van der Waals surface area contributed by atoms with Gasteiger partial charge in [-0.1, -0.05) is 29.0 Å². The molecule has 0 bridgehead atoms. The molecule has 1 atom stereocenters. The third kappa shape index (κ3) is 4.77. The number of nitrogens with one attached hydrogen (secondary N) is 1. The first-order valence-electron chi connectivity index (χ1n) is 9.88. The summed E-state index contributed by atoms with van der Waals surface area (Å²) in [5.41, 5.74) is 1.16. The minimum Gasteiger partial charge on any atom is -0.474 e. The van der Waals surface area contributed by atoms with Crippen molar-refractivity contribution in [1.29, 1.82) is 0 Å². The third-order valence-corrected chi connectivity index (χ3v) is 6.34. The number of hydrogen-bond donors (Lipinski definition) is 1. The molecular weight excluding hydrogens is 456 g/mol. The van der Waals surface area contributed by atoms with Crippen molar-refractivity contribution in [3.05, 3.63) is 56.9 Å². The number of aromatic amines is 1. The Labute approximate surface area is 192 Å². The monoisotopic (exact) mass is 476 g/mol. The fraction of sp³-hybridized carbons (Fsp3) is 0.333. The van der Waals surface area contributed by atoms with E-state index in [0.717, 1.165) is 5.56 Å². The minimum absolute atomic E-state index is 0.0766. The molecule has 3 aromatic rings. The molecule has 3 heterocycles. The van der Waals surface area contributed by atoms with Crippen LogP contribution in [0.4, 0.5) is 0 Å². The minimum atomic E-state index is -0.748. The van der Waals surface area contributed by atoms with Crippen LogP contribution < -0.4 is 10.3 Å². The lowest BCUT2D eigenvalue weighted by atomic mass is 10.1. The summed E-state index contributed by atoms with van der Waals surface area (Å²) >= 11 is 7.12. The number of halogens is 1. The topological polar surface area (TPSA) is 105 Å². The molecule has 32 heavy (non-hydrogen) atoms. The molecule has 0 saturated carbocycles. The summed E-state index contributed by atoms with van der Waals surface area (Å²) in [6.45, 7) is 0.910. The van der Waals surface area contributed by atoms with Crippen LogP contribution in [0.25, 0.3) is 10.9 Å². The maximum Gasteiger partial charge on any atom is 0.261 e. The maximum atomic E-state index is 13.2. The number of hydrogen-bond acceptors (Lipinski definition) is 7. The molecule has 0 unspecified atom stereocenters. The number of rotatable bonds is 7. The van der Waals surface area contributed by atoms with Crippen molar-refractivity contribution in [1.82, 2.24) is 19.8 Å². The van der Waals surface area contributed by atoms with Crippen molar-refractivity contribution in [3.8, 4) is 5.06 Å². The van der Waals surface area contributed by atoms with Crippen molar-refractivity contribution < 1.29 is 19.1 Å². The van der Waals surface area contributed by atoms with Crippen LogP contribution in [-0.4, -0.2) is 71.0 Å². The quantitative estimate of drug-likeness (QED) is 0.558. The van der Waals surface area contributed by atoms with Crippen LogP contribution in [0.5, 0.6) is 5.06 Å². The van der Waals surface area contributed by atoms with Gasteiger partial charge in [-0.2, -0.15) is 0 Å². The van der Waals surface area contributed by atoms with Gasteiger partial charge in [0, 0.05) is 26.7 Å². The molecule has 168 valence electrons. The molecular formula is C21H21ClN4O5S. The highest BCUT2D eigenvalue weighted by atomic mass is 35.5. The molecule has 0 aliphatic carbocycles. The number of piperazine rings is 1. The zero-order valence-electron chi connectivity index (χ0n) is 17.2. The number of carbonyl (C=O) groups is 2. The lowest BCUT2D eigenvalue weighted by molar-refractivity contribution is -0.155. The van der Waals surface area contributed by atoms with Gasteiger partial charge in [0.05, 0.1) is 28.2 Å². The van der Waals surface area contributed by atoms with Gasteiger partial charge in [-0.25, -0.2) is 4.98 Å². The molecule has 11 heteroatoms. The van der Waals surface area contributed by atoms with E-state index in [1.54, 1.807) is 29.2 Å². The van der Waals surface area contributed by atoms with Crippen molar-refractivity contribution in [2.45, 2.75) is 12.6 Å². The number of aromatic nitrogens is 2. The van der Waals surface area contributed by atoms with Gasteiger partial charge < -0.3 is 24.3 Å². The van der Waals surface area contributed by atoms with Crippen molar-refractivity contribution in [2.75, 3.05) is 33.4 Å². The maximum absolute atomic E-state index is 13.2. The fourth-order valence-electron chi connectivity index (χ4n) is 3.64. The SMILES string of the molecule is COC[C@H]1C(=O)N(Cc2ccc3nc[nH]c(=O)c3c2)CCN1C(=O)COc1ccc(Cl)s1. The van der Waals surface area contributed by atoms with Crippen LogP contribution in [-0.2, 0) is 20.9 Å². The van der Waals surface area contributed by atoms with Crippen molar-refractivity contribution in [3.63, 3.8) is 0 Å². The number of carbonyl (C=O) groups excluding carboxylic acids is 2. The van der Waals surface area contributed by atoms with Crippen LogP contribution >= 0.6 is 22.9 Å². The summed E-state index contributed by atoms with van der Waals surface area (Å²) < 4.78 is 11.3. The van der Waals surface area contributed by atoms with Crippen molar-refractivity contribution in [2.24, 2.45) is 0 Å². The first-order valence-corrected chi connectivity index (χ1v) is 11.1. The predicted molar refractivity (Wildman–Crippen MR) is 120 cm³/mol. The number of thiophene rings is 1. The highest BCUT2D eigenvalue weighted by Crippen LogP contribution is 2.28. The van der Waals surface area contributed by atoms with Crippen LogP contribution in [0.2, 0.25) is 4.34 Å². The number of methoxy groups -OCH3 is 1. The van der Waals surface area contributed by atoms with E-state index in [9.17, 15) is 14.4 Å². The normalized spacial score (nSPS) is 16.6. The van der Waals surface area contributed by atoms with Gasteiger partial charge in [0.25, 0.3) is 11.5 Å². The molecule has 9 nitrogen and oxygen atoms in total. The number of amides is 2. The number of nitrogens with zero attached hydrogens (tertiary/aromatic N) is 3. The lowest BCUT2D eigenvalue weighted by Gasteiger charge is -2.40. The van der Waals surface area contributed by atoms with Crippen molar-refractivity contribution >= 4 is 45.7 Å². The Bertz CT molecular complexity index is 1200. The zero-order chi connectivity index (χ0) is 22.7. The summed E-state index contributed by atoms with van der Waals surface area (Å²) in [5.74, 6) is -0.515. The average Bonchev–Trinajstić information content (AvgIpc) is 3.20. The van der Waals surface area contributed by atoms with Crippen LogP contribution in [0.1, 0.15) is 5.56 Å². The zero-order valence-corrected chi connectivity index (χ0v) is 18.8. The van der Waals surface area contributed by atoms with Gasteiger partial charge in [-0.3, -0.25) is 14.4 Å². The molecule has 1 aliphatic rings. The Hall–Kier alpha value is -2.95. The van der Waals surface area contributed by atoms with E-state index in [-0.39, 0.29) is 30.6 Å². The van der Waals surface area contributed by atoms with Gasteiger partial charge >= 0.3 is 0 Å². The van der Waals surface area contributed by atoms with E-state index in [0.29, 0.717) is 39.9 Å². The van der Waals surface area contributed by atoms with Gasteiger partial charge in [0.2, 0.25) is 5.91 Å². The molecule has 1 fully saturated rings. The first-order chi connectivity index (χ1) is 15.5. The lowest BCUT2D eigenvalue weighted by Crippen LogP contribution is -2.60. The Balaban J connectivity index is 1.45. The van der Waals surface area contributed by atoms with E-state index >= 15 is 0 Å². The molecule has 1 aromatic carbocycles. The second kappa shape index (κ2) is 9.68. The second-order valence-corrected chi connectivity index (χ2v) is 8.93. The highest BCUT2D eigenvalue weighted by Gasteiger charge is 2.37. The second-order valence-electron chi connectivity index (χ2n) is 7.25. The smallest absolute Gasteiger partial charge is 0.261 e. The highest BCUT2D eigenvalue weighted by molar-refractivity contribution is 7.17. The molecule has 0 radical (unpaired) electrons. The van der Waals surface area contributed by atoms with Crippen LogP contribution in [0, 0.1) is 0 Å². The van der Waals surface area contributed by atoms with E-state index in [1.807, 2.05) is 6.07 Å². The molecule has 1 aliphatic heterocycles. The fourth-order valence-corrected chi connectivity index (χ4v) is 4.51. The number of benzene rings is 1. The van der Waals surface area contributed by atoms with E-state index < -0.39 is 6.04 Å². The summed E-state index contributed by atoms with van der Waals surface area (Å²) in [5, 5.41) is 1.00. The van der Waals surface area contributed by atoms with Gasteiger partial charge in [0.1, 0.15) is 6.04 Å². The van der Waals surface area contributed by atoms with Crippen LogP contribution in [0.15, 0.2) is 41.5 Å². The predicted octanol–water partition coefficient (Wildman–Crippen LogP) is 1.90. The standard InChI is InChI=1S/C21H21ClN4O5S/c1-30-10-16-21(29)25(9-13-2-3-15-14(8-13)20(28)24-12-23-15)6-7-26(16)18(27)11-31-19-5-4-17(22)32-19/h2-5,8,12,16H,6-7,9-11H2,1H3,(H,23,24,28)/t16-/m0/s1. The molecule has 2 amide bonds. The molecule has 1 saturated heterocycles. The molecule has 4 rings (SSSR count). The molecule has 0 spiro atoms. The summed E-state index contributed by atoms with van der Waals surface area (Å²) in [4.78, 5) is 47.8. The Morgan fingerprint density at radius 2 is 2.12 bits per heavy atom. The average molecular weight is 477 g/mol. The molecule has 1 N–H and O–H groups in total. The van der Waals surface area contributed by atoms with Crippen LogP contribution in [0.3, 0.4) is 0 Å². The number of fused-ring (bicyclic) bond motifs is 1. The van der Waals surface area contributed by atoms with E-state index in [1.165, 1.54) is 29.7 Å². The van der Waals surface area contributed by atoms with Gasteiger partial charge in [0.15, 0.2) is 11.7 Å². The largest absolute Gasteiger partial charge is 0.474 e. The summed E-state index contributed by atoms with van der Waals surface area (Å²) in [6, 6.07) is 7.97. The Kier molecular flexibility index (Phi) is 6.73. The first kappa shape index (κ1) is 22.3. The van der Waals surface area contributed by atoms with E-state index in [2.05, 4.69) is 9.97 Å². The molecule has 2 aromatic heterocycles. The Morgan fingerprint density at radius 3 is 2.88 bits per heavy atom. The number of ether oxygens (including phenoxy) is 2.